The van der Waals surface area contributed by atoms with Crippen LogP contribution in [-0.4, -0.2) is 24.7 Å². The number of fused-ring (bicyclic) bond motifs is 4. The molecule has 0 radical (unpaired) electrons. The number of nitrogens with one attached hydrogen (secondary N) is 1. The molecular formula is C20H27NO2. The second kappa shape index (κ2) is 4.56. The van der Waals surface area contributed by atoms with E-state index in [-0.39, 0.29) is 16.7 Å². The largest absolute Gasteiger partial charge is 0.315 e. The lowest BCUT2D eigenvalue weighted by molar-refractivity contribution is -0.134. The van der Waals surface area contributed by atoms with E-state index in [1.165, 1.54) is 18.4 Å². The Morgan fingerprint density at radius 3 is 2.87 bits per heavy atom. The maximum Gasteiger partial charge on any atom is 0.160 e. The van der Waals surface area contributed by atoms with Crippen molar-refractivity contribution < 1.29 is 9.59 Å². The van der Waals surface area contributed by atoms with Crippen LogP contribution in [0.15, 0.2) is 11.6 Å². The summed E-state index contributed by atoms with van der Waals surface area (Å²) in [6.07, 6.45) is 9.56. The van der Waals surface area contributed by atoms with Gasteiger partial charge in [0, 0.05) is 36.3 Å². The first kappa shape index (κ1) is 14.4. The molecule has 0 aromatic carbocycles. The smallest absolute Gasteiger partial charge is 0.160 e. The highest BCUT2D eigenvalue weighted by atomic mass is 16.1. The van der Waals surface area contributed by atoms with Crippen molar-refractivity contribution in [2.75, 3.05) is 13.1 Å². The fraction of sp³-hybridized carbons (Fsp3) is 0.800. The van der Waals surface area contributed by atoms with E-state index in [1.807, 2.05) is 6.08 Å². The van der Waals surface area contributed by atoms with Gasteiger partial charge in [-0.3, -0.25) is 9.59 Å². The molecule has 124 valence electrons. The number of carbonyl (C=O) groups is 2. The summed E-state index contributed by atoms with van der Waals surface area (Å²) in [5.74, 6) is 3.07. The molecule has 5 rings (SSSR count). The first-order chi connectivity index (χ1) is 11.0. The van der Waals surface area contributed by atoms with Crippen LogP contribution in [0, 0.1) is 34.5 Å². The number of carbonyl (C=O) groups excluding carboxylic acids is 2. The van der Waals surface area contributed by atoms with E-state index in [4.69, 9.17) is 0 Å². The summed E-state index contributed by atoms with van der Waals surface area (Å²) in [6.45, 7) is 4.17. The summed E-state index contributed by atoms with van der Waals surface area (Å²) in [4.78, 5) is 24.8. The molecule has 0 amide bonds. The summed E-state index contributed by atoms with van der Waals surface area (Å²) >= 11 is 0. The van der Waals surface area contributed by atoms with Gasteiger partial charge < -0.3 is 5.32 Å². The quantitative estimate of drug-likeness (QED) is 0.748. The Kier molecular flexibility index (Phi) is 2.85. The molecular weight excluding hydrogens is 286 g/mol. The van der Waals surface area contributed by atoms with E-state index in [2.05, 4.69) is 12.2 Å². The summed E-state index contributed by atoms with van der Waals surface area (Å²) in [5.41, 5.74) is 1.64. The number of piperidine rings is 1. The zero-order chi connectivity index (χ0) is 15.8. The zero-order valence-corrected chi connectivity index (χ0v) is 14.1. The van der Waals surface area contributed by atoms with Crippen molar-refractivity contribution in [2.24, 2.45) is 34.5 Å². The van der Waals surface area contributed by atoms with Gasteiger partial charge in [0.15, 0.2) is 5.78 Å². The molecule has 6 atom stereocenters. The van der Waals surface area contributed by atoms with Crippen LogP contribution in [-0.2, 0) is 9.59 Å². The molecule has 1 spiro atoms. The SMILES string of the molecule is C[C@]12CCC3C(CCC4=CC(=O)[C@H]5CNC[C@]43C5)C1CCC2=O. The van der Waals surface area contributed by atoms with Gasteiger partial charge in [-0.2, -0.15) is 0 Å². The molecule has 1 heterocycles. The van der Waals surface area contributed by atoms with Crippen molar-refractivity contribution in [1.29, 1.82) is 0 Å². The van der Waals surface area contributed by atoms with Crippen LogP contribution >= 0.6 is 0 Å². The maximum atomic E-state index is 12.5. The molecule has 5 aliphatic rings. The van der Waals surface area contributed by atoms with Crippen molar-refractivity contribution in [2.45, 2.75) is 51.9 Å². The molecule has 23 heavy (non-hydrogen) atoms. The monoisotopic (exact) mass is 313 g/mol. The van der Waals surface area contributed by atoms with Gasteiger partial charge in [0.05, 0.1) is 0 Å². The minimum absolute atomic E-state index is 0.0367. The molecule has 0 aromatic rings. The Morgan fingerprint density at radius 2 is 2.00 bits per heavy atom. The molecule has 1 N–H and O–H groups in total. The first-order valence-electron chi connectivity index (χ1n) is 9.53. The molecule has 3 unspecified atom stereocenters. The second-order valence-corrected chi connectivity index (χ2v) is 9.09. The van der Waals surface area contributed by atoms with Gasteiger partial charge in [0.1, 0.15) is 5.78 Å². The van der Waals surface area contributed by atoms with Gasteiger partial charge in [-0.1, -0.05) is 12.5 Å². The van der Waals surface area contributed by atoms with Crippen molar-refractivity contribution in [1.82, 2.24) is 5.32 Å². The number of hydrogen-bond acceptors (Lipinski definition) is 3. The van der Waals surface area contributed by atoms with Gasteiger partial charge in [0.25, 0.3) is 0 Å². The Morgan fingerprint density at radius 1 is 1.13 bits per heavy atom. The summed E-state index contributed by atoms with van der Waals surface area (Å²) in [6, 6.07) is 0. The van der Waals surface area contributed by atoms with Gasteiger partial charge in [-0.25, -0.2) is 0 Å². The lowest BCUT2D eigenvalue weighted by Gasteiger charge is -2.60. The van der Waals surface area contributed by atoms with Crippen LogP contribution in [0.25, 0.3) is 0 Å². The zero-order valence-electron chi connectivity index (χ0n) is 14.1. The highest BCUT2D eigenvalue weighted by Gasteiger charge is 2.61. The van der Waals surface area contributed by atoms with Crippen molar-refractivity contribution in [3.05, 3.63) is 11.6 Å². The third-order valence-electron chi connectivity index (χ3n) is 8.40. The van der Waals surface area contributed by atoms with E-state index in [9.17, 15) is 9.59 Å². The van der Waals surface area contributed by atoms with E-state index in [0.717, 1.165) is 45.2 Å². The number of rotatable bonds is 0. The van der Waals surface area contributed by atoms with Crippen molar-refractivity contribution in [3.8, 4) is 0 Å². The number of ketones is 2. The lowest BCUT2D eigenvalue weighted by atomic mass is 9.45. The van der Waals surface area contributed by atoms with Crippen LogP contribution in [0.2, 0.25) is 0 Å². The molecule has 2 bridgehead atoms. The fourth-order valence-corrected chi connectivity index (χ4v) is 7.24. The second-order valence-electron chi connectivity index (χ2n) is 9.09. The Hall–Kier alpha value is -0.960. The maximum absolute atomic E-state index is 12.5. The number of hydrogen-bond donors (Lipinski definition) is 1. The van der Waals surface area contributed by atoms with E-state index in [1.54, 1.807) is 0 Å². The van der Waals surface area contributed by atoms with Gasteiger partial charge >= 0.3 is 0 Å². The van der Waals surface area contributed by atoms with Gasteiger partial charge in [-0.05, 0) is 62.4 Å². The van der Waals surface area contributed by atoms with E-state index < -0.39 is 0 Å². The molecule has 4 aliphatic carbocycles. The average Bonchev–Trinajstić information content (AvgIpc) is 2.85. The minimum Gasteiger partial charge on any atom is -0.315 e. The topological polar surface area (TPSA) is 46.2 Å². The molecule has 3 saturated carbocycles. The highest BCUT2D eigenvalue weighted by molar-refractivity contribution is 5.94. The minimum atomic E-state index is -0.0367. The van der Waals surface area contributed by atoms with Crippen LogP contribution in [0.4, 0.5) is 0 Å². The molecule has 0 aromatic heterocycles. The van der Waals surface area contributed by atoms with Crippen molar-refractivity contribution in [3.63, 3.8) is 0 Å². The Bertz CT molecular complexity index is 623. The molecule has 4 fully saturated rings. The van der Waals surface area contributed by atoms with Crippen LogP contribution in [0.1, 0.15) is 51.9 Å². The van der Waals surface area contributed by atoms with E-state index >= 15 is 0 Å². The molecule has 3 heteroatoms. The van der Waals surface area contributed by atoms with Crippen LogP contribution < -0.4 is 5.32 Å². The van der Waals surface area contributed by atoms with E-state index in [0.29, 0.717) is 29.3 Å². The standard InChI is InChI=1S/C20H27NO2/c1-19-7-6-16-14(15(19)4-5-18(19)23)3-2-13-8-17(22)12-9-20(13,16)11-21-10-12/h8,12,14-16,21H,2-7,9-11H2,1H3/t12-,14?,15?,16?,19+,20-/m1/s1. The summed E-state index contributed by atoms with van der Waals surface area (Å²) in [5, 5.41) is 3.59. The summed E-state index contributed by atoms with van der Waals surface area (Å²) < 4.78 is 0. The van der Waals surface area contributed by atoms with Gasteiger partial charge in [0.2, 0.25) is 0 Å². The molecule has 1 saturated heterocycles. The third kappa shape index (κ3) is 1.70. The third-order valence-corrected chi connectivity index (χ3v) is 8.40. The number of Topliss-reactive ketones (excluding diaryl/α,β-unsaturated/α-hetero) is 1. The van der Waals surface area contributed by atoms with Gasteiger partial charge in [-0.15, -0.1) is 0 Å². The first-order valence-corrected chi connectivity index (χ1v) is 9.53. The summed E-state index contributed by atoms with van der Waals surface area (Å²) in [7, 11) is 0. The molecule has 1 aliphatic heterocycles. The Balaban J connectivity index is 1.56. The predicted octanol–water partition coefficient (Wildman–Crippen LogP) is 2.90. The van der Waals surface area contributed by atoms with Crippen molar-refractivity contribution >= 4 is 11.6 Å². The van der Waals surface area contributed by atoms with Crippen LogP contribution in [0.5, 0.6) is 0 Å². The molecule has 3 nitrogen and oxygen atoms in total. The highest BCUT2D eigenvalue weighted by Crippen LogP contribution is 2.65. The average molecular weight is 313 g/mol. The lowest BCUT2D eigenvalue weighted by Crippen LogP contribution is -2.59. The normalized spacial score (nSPS) is 51.6. The predicted molar refractivity (Wildman–Crippen MR) is 87.8 cm³/mol. The fourth-order valence-electron chi connectivity index (χ4n) is 7.24. The Labute approximate surface area is 138 Å². The van der Waals surface area contributed by atoms with Crippen LogP contribution in [0.3, 0.4) is 0 Å².